The summed E-state index contributed by atoms with van der Waals surface area (Å²) in [5.41, 5.74) is 0.944. The highest BCUT2D eigenvalue weighted by molar-refractivity contribution is 5.38. The highest BCUT2D eigenvalue weighted by Crippen LogP contribution is 2.27. The molecule has 0 spiro atoms. The minimum Gasteiger partial charge on any atom is -0.480 e. The number of hydrogen-bond acceptors (Lipinski definition) is 6. The zero-order valence-electron chi connectivity index (χ0n) is 15.1. The maximum Gasteiger partial charge on any atom is 0.573 e. The Morgan fingerprint density at radius 3 is 2.30 bits per heavy atom. The Morgan fingerprint density at radius 1 is 1.04 bits per heavy atom. The first kappa shape index (κ1) is 19.2. The standard InChI is InChI=1S/C18H21F3N4O2/c1-13(14-3-5-15(6-4-14)27-18(19,20)21)24-7-9-25(10-8-24)16-11-22-12-17(23-16)26-2/h3-6,11-13H,7-10H2,1-2H3. The van der Waals surface area contributed by atoms with Gasteiger partial charge >= 0.3 is 6.36 Å². The van der Waals surface area contributed by atoms with Gasteiger partial charge in [0.1, 0.15) is 5.75 Å². The van der Waals surface area contributed by atoms with Crippen LogP contribution in [0.3, 0.4) is 0 Å². The molecule has 3 rings (SSSR count). The average Bonchev–Trinajstić information content (AvgIpc) is 2.67. The van der Waals surface area contributed by atoms with E-state index in [2.05, 4.69) is 24.5 Å². The van der Waals surface area contributed by atoms with Crippen molar-refractivity contribution in [2.45, 2.75) is 19.3 Å². The van der Waals surface area contributed by atoms with Crippen LogP contribution in [0.4, 0.5) is 19.0 Å². The third-order valence-electron chi connectivity index (χ3n) is 4.59. The molecule has 1 aromatic heterocycles. The molecule has 0 radical (unpaired) electrons. The van der Waals surface area contributed by atoms with Crippen LogP contribution in [0.1, 0.15) is 18.5 Å². The van der Waals surface area contributed by atoms with Crippen LogP contribution >= 0.6 is 0 Å². The monoisotopic (exact) mass is 382 g/mol. The van der Waals surface area contributed by atoms with E-state index in [1.165, 1.54) is 12.1 Å². The van der Waals surface area contributed by atoms with Gasteiger partial charge in [-0.05, 0) is 24.6 Å². The quantitative estimate of drug-likeness (QED) is 0.791. The maximum atomic E-state index is 12.3. The summed E-state index contributed by atoms with van der Waals surface area (Å²) in [5.74, 6) is 1.04. The van der Waals surface area contributed by atoms with Crippen LogP contribution < -0.4 is 14.4 Å². The minimum absolute atomic E-state index is 0.0866. The van der Waals surface area contributed by atoms with Crippen LogP contribution in [0.25, 0.3) is 0 Å². The van der Waals surface area contributed by atoms with E-state index in [1.807, 2.05) is 6.92 Å². The van der Waals surface area contributed by atoms with E-state index in [-0.39, 0.29) is 11.8 Å². The number of halogens is 3. The second-order valence-electron chi connectivity index (χ2n) is 6.24. The summed E-state index contributed by atoms with van der Waals surface area (Å²) in [6, 6.07) is 6.13. The van der Waals surface area contributed by atoms with E-state index in [9.17, 15) is 13.2 Å². The SMILES string of the molecule is COc1cncc(N2CCN(C(C)c3ccc(OC(F)(F)F)cc3)CC2)n1. The molecule has 0 amide bonds. The van der Waals surface area contributed by atoms with Crippen molar-refractivity contribution in [2.24, 2.45) is 0 Å². The first-order chi connectivity index (χ1) is 12.9. The van der Waals surface area contributed by atoms with Crippen LogP contribution in [0.5, 0.6) is 11.6 Å². The summed E-state index contributed by atoms with van der Waals surface area (Å²) in [7, 11) is 1.55. The van der Waals surface area contributed by atoms with Gasteiger partial charge in [-0.2, -0.15) is 4.98 Å². The maximum absolute atomic E-state index is 12.3. The molecule has 146 valence electrons. The van der Waals surface area contributed by atoms with Crippen molar-refractivity contribution in [3.05, 3.63) is 42.2 Å². The molecule has 1 unspecified atom stereocenters. The fourth-order valence-corrected chi connectivity index (χ4v) is 3.09. The Morgan fingerprint density at radius 2 is 1.70 bits per heavy atom. The van der Waals surface area contributed by atoms with Gasteiger partial charge in [0.15, 0.2) is 5.82 Å². The number of alkyl halides is 3. The first-order valence-corrected chi connectivity index (χ1v) is 8.56. The van der Waals surface area contributed by atoms with Gasteiger partial charge in [-0.3, -0.25) is 9.88 Å². The summed E-state index contributed by atoms with van der Waals surface area (Å²) < 4.78 is 45.8. The zero-order valence-corrected chi connectivity index (χ0v) is 15.1. The number of anilines is 1. The Bertz CT molecular complexity index is 747. The second-order valence-corrected chi connectivity index (χ2v) is 6.24. The van der Waals surface area contributed by atoms with Crippen LogP contribution in [0.2, 0.25) is 0 Å². The summed E-state index contributed by atoms with van der Waals surface area (Å²) in [4.78, 5) is 12.9. The van der Waals surface area contributed by atoms with Gasteiger partial charge in [0.25, 0.3) is 0 Å². The van der Waals surface area contributed by atoms with Gasteiger partial charge in [-0.15, -0.1) is 13.2 Å². The van der Waals surface area contributed by atoms with E-state index in [0.29, 0.717) is 5.88 Å². The third kappa shape index (κ3) is 5.00. The Kier molecular flexibility index (Phi) is 5.69. The van der Waals surface area contributed by atoms with Gasteiger partial charge in [-0.1, -0.05) is 12.1 Å². The predicted octanol–water partition coefficient (Wildman–Crippen LogP) is 3.27. The lowest BCUT2D eigenvalue weighted by molar-refractivity contribution is -0.274. The lowest BCUT2D eigenvalue weighted by Crippen LogP contribution is -2.47. The fraction of sp³-hybridized carbons (Fsp3) is 0.444. The molecule has 1 fully saturated rings. The normalized spacial score (nSPS) is 16.9. The number of methoxy groups -OCH3 is 1. The molecule has 0 N–H and O–H groups in total. The van der Waals surface area contributed by atoms with Gasteiger partial charge in [0, 0.05) is 32.2 Å². The number of nitrogens with zero attached hydrogens (tertiary/aromatic N) is 4. The van der Waals surface area contributed by atoms with E-state index in [4.69, 9.17) is 4.74 Å². The first-order valence-electron chi connectivity index (χ1n) is 8.56. The van der Waals surface area contributed by atoms with Crippen LogP contribution in [0.15, 0.2) is 36.7 Å². The average molecular weight is 382 g/mol. The Labute approximate surface area is 155 Å². The summed E-state index contributed by atoms with van der Waals surface area (Å²) in [5, 5.41) is 0. The zero-order chi connectivity index (χ0) is 19.4. The van der Waals surface area contributed by atoms with Crippen LogP contribution in [0, 0.1) is 0 Å². The molecule has 1 aliphatic heterocycles. The van der Waals surface area contributed by atoms with Gasteiger partial charge in [-0.25, -0.2) is 0 Å². The molecular weight excluding hydrogens is 361 g/mol. The van der Waals surface area contributed by atoms with Crippen molar-refractivity contribution in [3.63, 3.8) is 0 Å². The number of piperazine rings is 1. The molecule has 1 atom stereocenters. The fourth-order valence-electron chi connectivity index (χ4n) is 3.09. The number of hydrogen-bond donors (Lipinski definition) is 0. The Balaban J connectivity index is 1.58. The molecule has 6 nitrogen and oxygen atoms in total. The van der Waals surface area contributed by atoms with Crippen molar-refractivity contribution >= 4 is 5.82 Å². The van der Waals surface area contributed by atoms with E-state index in [1.54, 1.807) is 31.6 Å². The molecule has 9 heteroatoms. The molecular formula is C18H21F3N4O2. The van der Waals surface area contributed by atoms with Gasteiger partial charge in [0.05, 0.1) is 19.5 Å². The van der Waals surface area contributed by atoms with E-state index < -0.39 is 6.36 Å². The molecule has 2 aromatic rings. The largest absolute Gasteiger partial charge is 0.573 e. The van der Waals surface area contributed by atoms with Gasteiger partial charge in [0.2, 0.25) is 5.88 Å². The van der Waals surface area contributed by atoms with Crippen molar-refractivity contribution in [2.75, 3.05) is 38.2 Å². The minimum atomic E-state index is -4.67. The van der Waals surface area contributed by atoms with Crippen LogP contribution in [-0.4, -0.2) is 54.5 Å². The lowest BCUT2D eigenvalue weighted by Gasteiger charge is -2.38. The second kappa shape index (κ2) is 7.99. The molecule has 1 aromatic carbocycles. The van der Waals surface area contributed by atoms with E-state index >= 15 is 0 Å². The van der Waals surface area contributed by atoms with Crippen molar-refractivity contribution in [1.29, 1.82) is 0 Å². The highest BCUT2D eigenvalue weighted by atomic mass is 19.4. The highest BCUT2D eigenvalue weighted by Gasteiger charge is 2.31. The summed E-state index contributed by atoms with van der Waals surface area (Å²) in [6.07, 6.45) is -1.40. The Hall–Kier alpha value is -2.55. The molecule has 0 aliphatic carbocycles. The number of ether oxygens (including phenoxy) is 2. The smallest absolute Gasteiger partial charge is 0.480 e. The summed E-state index contributed by atoms with van der Waals surface area (Å²) >= 11 is 0. The molecule has 0 saturated carbocycles. The predicted molar refractivity (Wildman–Crippen MR) is 93.9 cm³/mol. The molecule has 27 heavy (non-hydrogen) atoms. The van der Waals surface area contributed by atoms with Crippen LogP contribution in [-0.2, 0) is 0 Å². The molecule has 1 saturated heterocycles. The number of rotatable bonds is 5. The molecule has 1 aliphatic rings. The molecule has 2 heterocycles. The van der Waals surface area contributed by atoms with Crippen molar-refractivity contribution in [3.8, 4) is 11.6 Å². The summed E-state index contributed by atoms with van der Waals surface area (Å²) in [6.45, 7) is 5.21. The van der Waals surface area contributed by atoms with E-state index in [0.717, 1.165) is 37.6 Å². The van der Waals surface area contributed by atoms with Crippen molar-refractivity contribution in [1.82, 2.24) is 14.9 Å². The van der Waals surface area contributed by atoms with Crippen molar-refractivity contribution < 1.29 is 22.6 Å². The van der Waals surface area contributed by atoms with Gasteiger partial charge < -0.3 is 14.4 Å². The molecule has 0 bridgehead atoms. The lowest BCUT2D eigenvalue weighted by atomic mass is 10.1. The third-order valence-corrected chi connectivity index (χ3v) is 4.59. The number of aromatic nitrogens is 2. The number of benzene rings is 1. The topological polar surface area (TPSA) is 50.7 Å².